The molecule has 0 atom stereocenters. The second-order valence-corrected chi connectivity index (χ2v) is 8.24. The summed E-state index contributed by atoms with van der Waals surface area (Å²) in [4.78, 5) is 41.0. The molecule has 0 saturated carbocycles. The zero-order valence-electron chi connectivity index (χ0n) is 18.9. The molecule has 0 aliphatic heterocycles. The number of hydrogen-bond acceptors (Lipinski definition) is 5. The lowest BCUT2D eigenvalue weighted by Crippen LogP contribution is -2.13. The second kappa shape index (κ2) is 9.62. The molecule has 0 aliphatic carbocycles. The number of aromatic carboxylic acids is 1. The topological polar surface area (TPSA) is 99.7 Å². The lowest BCUT2D eigenvalue weighted by Gasteiger charge is -2.12. The van der Waals surface area contributed by atoms with Gasteiger partial charge in [0.2, 0.25) is 0 Å². The van der Waals surface area contributed by atoms with Crippen molar-refractivity contribution < 1.29 is 19.4 Å². The SMILES string of the molecule is CN(C)c1ccc(COC(=O)c2ccc3[nH]c(=O)c(Cc4ccc(C(=O)O)cc4)cc3c2)cc1. The van der Waals surface area contributed by atoms with E-state index in [1.165, 1.54) is 12.1 Å². The van der Waals surface area contributed by atoms with E-state index in [9.17, 15) is 14.4 Å². The summed E-state index contributed by atoms with van der Waals surface area (Å²) >= 11 is 0. The highest BCUT2D eigenvalue weighted by Crippen LogP contribution is 2.18. The number of nitrogens with one attached hydrogen (secondary N) is 1. The Kier molecular flexibility index (Phi) is 6.45. The molecule has 0 aliphatic rings. The van der Waals surface area contributed by atoms with E-state index in [1.54, 1.807) is 36.4 Å². The minimum Gasteiger partial charge on any atom is -0.478 e. The zero-order chi connectivity index (χ0) is 24.2. The Bertz CT molecular complexity index is 1400. The van der Waals surface area contributed by atoms with Gasteiger partial charge in [-0.2, -0.15) is 0 Å². The third-order valence-corrected chi connectivity index (χ3v) is 5.57. The number of carboxylic acid groups (broad SMARTS) is 1. The Morgan fingerprint density at radius 1 is 0.882 bits per heavy atom. The van der Waals surface area contributed by atoms with Gasteiger partial charge in [0.05, 0.1) is 11.1 Å². The molecular formula is C27H24N2O5. The van der Waals surface area contributed by atoms with Gasteiger partial charge >= 0.3 is 11.9 Å². The Hall–Kier alpha value is -4.39. The molecule has 0 amide bonds. The van der Waals surface area contributed by atoms with Gasteiger partial charge in [-0.15, -0.1) is 0 Å². The molecule has 4 rings (SSSR count). The fourth-order valence-electron chi connectivity index (χ4n) is 3.62. The van der Waals surface area contributed by atoms with E-state index in [0.29, 0.717) is 28.5 Å². The van der Waals surface area contributed by atoms with Crippen LogP contribution in [0.1, 0.15) is 37.4 Å². The summed E-state index contributed by atoms with van der Waals surface area (Å²) in [7, 11) is 3.92. The molecule has 0 spiro atoms. The summed E-state index contributed by atoms with van der Waals surface area (Å²) in [5, 5.41) is 9.75. The molecule has 2 N–H and O–H groups in total. The lowest BCUT2D eigenvalue weighted by molar-refractivity contribution is 0.0472. The fraction of sp³-hybridized carbons (Fsp3) is 0.148. The average Bonchev–Trinajstić information content (AvgIpc) is 2.83. The monoisotopic (exact) mass is 456 g/mol. The lowest BCUT2D eigenvalue weighted by atomic mass is 10.0. The van der Waals surface area contributed by atoms with Crippen LogP contribution in [0.25, 0.3) is 10.9 Å². The smallest absolute Gasteiger partial charge is 0.338 e. The predicted molar refractivity (Wildman–Crippen MR) is 131 cm³/mol. The number of aromatic nitrogens is 1. The van der Waals surface area contributed by atoms with Gasteiger partial charge in [-0.25, -0.2) is 9.59 Å². The van der Waals surface area contributed by atoms with E-state index in [-0.39, 0.29) is 17.7 Å². The highest BCUT2D eigenvalue weighted by Gasteiger charge is 2.11. The number of benzene rings is 3. The molecule has 0 fully saturated rings. The zero-order valence-corrected chi connectivity index (χ0v) is 18.9. The Morgan fingerprint density at radius 3 is 2.18 bits per heavy atom. The van der Waals surface area contributed by atoms with Crippen LogP contribution < -0.4 is 10.5 Å². The van der Waals surface area contributed by atoms with Crippen LogP contribution in [-0.2, 0) is 17.8 Å². The second-order valence-electron chi connectivity index (χ2n) is 8.24. The maximum absolute atomic E-state index is 12.6. The number of fused-ring (bicyclic) bond motifs is 1. The summed E-state index contributed by atoms with van der Waals surface area (Å²) in [6.45, 7) is 0.161. The summed E-state index contributed by atoms with van der Waals surface area (Å²) in [5.74, 6) is -1.45. The molecule has 34 heavy (non-hydrogen) atoms. The molecular weight excluding hydrogens is 432 g/mol. The molecule has 7 nitrogen and oxygen atoms in total. The third-order valence-electron chi connectivity index (χ3n) is 5.57. The molecule has 3 aromatic carbocycles. The number of esters is 1. The summed E-state index contributed by atoms with van der Waals surface area (Å²) in [5.41, 5.74) is 4.24. The first-order chi connectivity index (χ1) is 16.3. The molecule has 0 radical (unpaired) electrons. The molecule has 0 unspecified atom stereocenters. The van der Waals surface area contributed by atoms with Crippen LogP contribution >= 0.6 is 0 Å². The first kappa shape index (κ1) is 22.8. The third kappa shape index (κ3) is 5.15. The summed E-state index contributed by atoms with van der Waals surface area (Å²) in [6, 6.07) is 20.9. The van der Waals surface area contributed by atoms with Crippen molar-refractivity contribution in [2.45, 2.75) is 13.0 Å². The Labute approximate surface area is 196 Å². The van der Waals surface area contributed by atoms with Crippen molar-refractivity contribution in [3.8, 4) is 0 Å². The number of rotatable bonds is 7. The van der Waals surface area contributed by atoms with Gasteiger partial charge in [-0.1, -0.05) is 24.3 Å². The molecule has 4 aromatic rings. The maximum Gasteiger partial charge on any atom is 0.338 e. The standard InChI is InChI=1S/C27H24N2O5/c1-29(2)23-10-5-18(6-11-23)16-34-27(33)20-9-12-24-21(14-20)15-22(25(30)28-24)13-17-3-7-19(8-4-17)26(31)32/h3-12,14-15H,13,16H2,1-2H3,(H,28,30)(H,31,32). The number of pyridine rings is 1. The van der Waals surface area contributed by atoms with Gasteiger partial charge in [0.15, 0.2) is 0 Å². The van der Waals surface area contributed by atoms with Gasteiger partial charge in [0.25, 0.3) is 5.56 Å². The molecule has 172 valence electrons. The fourth-order valence-corrected chi connectivity index (χ4v) is 3.62. The Balaban J connectivity index is 1.50. The molecule has 1 heterocycles. The number of aromatic amines is 1. The van der Waals surface area contributed by atoms with Crippen LogP contribution in [0, 0.1) is 0 Å². The van der Waals surface area contributed by atoms with Gasteiger partial charge in [-0.3, -0.25) is 4.79 Å². The van der Waals surface area contributed by atoms with E-state index < -0.39 is 11.9 Å². The highest BCUT2D eigenvalue weighted by atomic mass is 16.5. The van der Waals surface area contributed by atoms with Crippen LogP contribution in [0.3, 0.4) is 0 Å². The minimum absolute atomic E-state index is 0.161. The van der Waals surface area contributed by atoms with E-state index in [4.69, 9.17) is 9.84 Å². The first-order valence-corrected chi connectivity index (χ1v) is 10.7. The van der Waals surface area contributed by atoms with Crippen molar-refractivity contribution in [1.29, 1.82) is 0 Å². The number of carboxylic acids is 1. The molecule has 1 aromatic heterocycles. The van der Waals surface area contributed by atoms with Crippen molar-refractivity contribution in [1.82, 2.24) is 4.98 Å². The van der Waals surface area contributed by atoms with E-state index >= 15 is 0 Å². The molecule has 7 heteroatoms. The number of anilines is 1. The molecule has 0 bridgehead atoms. The van der Waals surface area contributed by atoms with Crippen LogP contribution in [0.4, 0.5) is 5.69 Å². The van der Waals surface area contributed by atoms with Crippen molar-refractivity contribution >= 4 is 28.5 Å². The largest absolute Gasteiger partial charge is 0.478 e. The van der Waals surface area contributed by atoms with E-state index in [0.717, 1.165) is 16.8 Å². The number of carbonyl (C=O) groups excluding carboxylic acids is 1. The van der Waals surface area contributed by atoms with E-state index in [2.05, 4.69) is 4.98 Å². The quantitative estimate of drug-likeness (QED) is 0.404. The number of nitrogens with zero attached hydrogens (tertiary/aromatic N) is 1. The van der Waals surface area contributed by atoms with Crippen molar-refractivity contribution in [3.05, 3.63) is 111 Å². The minimum atomic E-state index is -1.000. The van der Waals surface area contributed by atoms with Crippen LogP contribution in [0.2, 0.25) is 0 Å². The first-order valence-electron chi connectivity index (χ1n) is 10.7. The van der Waals surface area contributed by atoms with Crippen molar-refractivity contribution in [3.63, 3.8) is 0 Å². The highest BCUT2D eigenvalue weighted by molar-refractivity contribution is 5.94. The van der Waals surface area contributed by atoms with Gasteiger partial charge in [0, 0.05) is 37.3 Å². The van der Waals surface area contributed by atoms with Crippen LogP contribution in [0.5, 0.6) is 0 Å². The van der Waals surface area contributed by atoms with Gasteiger partial charge in [0.1, 0.15) is 6.61 Å². The summed E-state index contributed by atoms with van der Waals surface area (Å²) < 4.78 is 5.47. The van der Waals surface area contributed by atoms with Gasteiger partial charge < -0.3 is 19.7 Å². The average molecular weight is 456 g/mol. The Morgan fingerprint density at radius 2 is 1.53 bits per heavy atom. The number of H-pyrrole nitrogens is 1. The number of hydrogen-bond donors (Lipinski definition) is 2. The normalized spacial score (nSPS) is 10.8. The maximum atomic E-state index is 12.6. The van der Waals surface area contributed by atoms with Crippen LogP contribution in [-0.4, -0.2) is 36.1 Å². The number of carbonyl (C=O) groups is 2. The van der Waals surface area contributed by atoms with E-state index in [1.807, 2.05) is 43.3 Å². The van der Waals surface area contributed by atoms with Crippen molar-refractivity contribution in [2.75, 3.05) is 19.0 Å². The van der Waals surface area contributed by atoms with Crippen molar-refractivity contribution in [2.24, 2.45) is 0 Å². The van der Waals surface area contributed by atoms with Crippen LogP contribution in [0.15, 0.2) is 77.6 Å². The summed E-state index contributed by atoms with van der Waals surface area (Å²) in [6.07, 6.45) is 0.336. The van der Waals surface area contributed by atoms with Gasteiger partial charge in [-0.05, 0) is 65.0 Å². The molecule has 0 saturated heterocycles. The predicted octanol–water partition coefficient (Wildman–Crippen LogP) is 4.24. The number of ether oxygens (including phenoxy) is 1.